The maximum atomic E-state index is 11.2. The Morgan fingerprint density at radius 1 is 1.64 bits per heavy atom. The fraction of sp³-hybridized carbons (Fsp3) is 0.667. The summed E-state index contributed by atoms with van der Waals surface area (Å²) in [5.74, 6) is 0.574. The number of allylic oxidation sites excluding steroid dienone is 1. The van der Waals surface area contributed by atoms with E-state index in [1.807, 2.05) is 13.8 Å². The SMILES string of the molecule is C=CCC(C(=O)NC)C(C)C. The van der Waals surface area contributed by atoms with Crippen LogP contribution in [-0.2, 0) is 4.79 Å². The van der Waals surface area contributed by atoms with Crippen molar-refractivity contribution in [2.45, 2.75) is 20.3 Å². The normalized spacial score (nSPS) is 12.7. The number of rotatable bonds is 4. The Bertz CT molecular complexity index is 140. The first kappa shape index (κ1) is 10.2. The lowest BCUT2D eigenvalue weighted by atomic mass is 9.92. The van der Waals surface area contributed by atoms with Crippen molar-refractivity contribution < 1.29 is 4.79 Å². The highest BCUT2D eigenvalue weighted by Gasteiger charge is 2.18. The van der Waals surface area contributed by atoms with E-state index in [1.54, 1.807) is 13.1 Å². The van der Waals surface area contributed by atoms with E-state index in [0.717, 1.165) is 6.42 Å². The largest absolute Gasteiger partial charge is 0.359 e. The van der Waals surface area contributed by atoms with E-state index >= 15 is 0 Å². The standard InChI is InChI=1S/C9H17NO/c1-5-6-8(7(2)3)9(11)10-4/h5,7-8H,1,6H2,2-4H3,(H,10,11). The maximum Gasteiger partial charge on any atom is 0.223 e. The summed E-state index contributed by atoms with van der Waals surface area (Å²) in [5, 5.41) is 2.64. The number of hydrogen-bond acceptors (Lipinski definition) is 1. The van der Waals surface area contributed by atoms with Gasteiger partial charge >= 0.3 is 0 Å². The first-order valence-corrected chi connectivity index (χ1v) is 3.96. The molecule has 0 bridgehead atoms. The molecule has 0 aromatic carbocycles. The minimum absolute atomic E-state index is 0.0810. The molecule has 1 unspecified atom stereocenters. The summed E-state index contributed by atoms with van der Waals surface area (Å²) in [6, 6.07) is 0. The molecule has 0 rings (SSSR count). The van der Waals surface area contributed by atoms with Gasteiger partial charge in [0.1, 0.15) is 0 Å². The summed E-state index contributed by atoms with van der Waals surface area (Å²) >= 11 is 0. The van der Waals surface area contributed by atoms with Gasteiger partial charge < -0.3 is 5.32 Å². The van der Waals surface area contributed by atoms with Crippen LogP contribution >= 0.6 is 0 Å². The van der Waals surface area contributed by atoms with Crippen LogP contribution < -0.4 is 5.32 Å². The molecule has 0 aromatic rings. The van der Waals surface area contributed by atoms with Gasteiger partial charge in [0.25, 0.3) is 0 Å². The number of carbonyl (C=O) groups is 1. The molecule has 1 N–H and O–H groups in total. The Morgan fingerprint density at radius 3 is 2.45 bits per heavy atom. The highest BCUT2D eigenvalue weighted by Crippen LogP contribution is 2.15. The van der Waals surface area contributed by atoms with Gasteiger partial charge in [-0.3, -0.25) is 4.79 Å². The highest BCUT2D eigenvalue weighted by atomic mass is 16.1. The average molecular weight is 155 g/mol. The quantitative estimate of drug-likeness (QED) is 0.614. The molecule has 0 fully saturated rings. The zero-order valence-corrected chi connectivity index (χ0v) is 7.55. The second kappa shape index (κ2) is 4.94. The number of nitrogens with one attached hydrogen (secondary N) is 1. The van der Waals surface area contributed by atoms with E-state index in [0.29, 0.717) is 5.92 Å². The Morgan fingerprint density at radius 2 is 2.18 bits per heavy atom. The Hall–Kier alpha value is -0.790. The van der Waals surface area contributed by atoms with Gasteiger partial charge in [-0.15, -0.1) is 6.58 Å². The molecule has 0 radical (unpaired) electrons. The van der Waals surface area contributed by atoms with E-state index in [4.69, 9.17) is 0 Å². The van der Waals surface area contributed by atoms with Crippen LogP contribution in [0.5, 0.6) is 0 Å². The van der Waals surface area contributed by atoms with Crippen molar-refractivity contribution in [3.8, 4) is 0 Å². The van der Waals surface area contributed by atoms with E-state index in [-0.39, 0.29) is 11.8 Å². The summed E-state index contributed by atoms with van der Waals surface area (Å²) in [5.41, 5.74) is 0. The van der Waals surface area contributed by atoms with Crippen molar-refractivity contribution in [3.05, 3.63) is 12.7 Å². The van der Waals surface area contributed by atoms with Crippen LogP contribution in [0.4, 0.5) is 0 Å². The molecular formula is C9H17NO. The summed E-state index contributed by atoms with van der Waals surface area (Å²) in [7, 11) is 1.67. The van der Waals surface area contributed by atoms with Gasteiger partial charge in [-0.25, -0.2) is 0 Å². The zero-order chi connectivity index (χ0) is 8.85. The number of carbonyl (C=O) groups excluding carboxylic acids is 1. The third kappa shape index (κ3) is 3.21. The zero-order valence-electron chi connectivity index (χ0n) is 7.55. The maximum absolute atomic E-state index is 11.2. The van der Waals surface area contributed by atoms with Gasteiger partial charge in [-0.1, -0.05) is 19.9 Å². The van der Waals surface area contributed by atoms with Crippen LogP contribution in [-0.4, -0.2) is 13.0 Å². The van der Waals surface area contributed by atoms with Crippen molar-refractivity contribution in [1.29, 1.82) is 0 Å². The Balaban J connectivity index is 4.08. The average Bonchev–Trinajstić information content (AvgIpc) is 1.98. The van der Waals surface area contributed by atoms with Crippen LogP contribution in [0.2, 0.25) is 0 Å². The summed E-state index contributed by atoms with van der Waals surface area (Å²) in [6.07, 6.45) is 2.55. The third-order valence-electron chi connectivity index (χ3n) is 1.81. The van der Waals surface area contributed by atoms with Crippen molar-refractivity contribution in [3.63, 3.8) is 0 Å². The predicted octanol–water partition coefficient (Wildman–Crippen LogP) is 1.58. The molecule has 0 saturated carbocycles. The van der Waals surface area contributed by atoms with Gasteiger partial charge in [-0.2, -0.15) is 0 Å². The summed E-state index contributed by atoms with van der Waals surface area (Å²) in [6.45, 7) is 7.71. The molecule has 0 spiro atoms. The van der Waals surface area contributed by atoms with E-state index < -0.39 is 0 Å². The second-order valence-electron chi connectivity index (χ2n) is 2.99. The molecule has 1 atom stereocenters. The van der Waals surface area contributed by atoms with E-state index in [2.05, 4.69) is 11.9 Å². The van der Waals surface area contributed by atoms with E-state index in [1.165, 1.54) is 0 Å². The molecule has 2 heteroatoms. The van der Waals surface area contributed by atoms with Gasteiger partial charge in [0.15, 0.2) is 0 Å². The molecule has 0 aliphatic carbocycles. The monoisotopic (exact) mass is 155 g/mol. The van der Waals surface area contributed by atoms with Crippen LogP contribution in [0.1, 0.15) is 20.3 Å². The van der Waals surface area contributed by atoms with Gasteiger partial charge in [0, 0.05) is 13.0 Å². The van der Waals surface area contributed by atoms with Crippen LogP contribution in [0.15, 0.2) is 12.7 Å². The molecule has 64 valence electrons. The van der Waals surface area contributed by atoms with E-state index in [9.17, 15) is 4.79 Å². The molecule has 2 nitrogen and oxygen atoms in total. The first-order chi connectivity index (χ1) is 5.13. The molecule has 0 saturated heterocycles. The molecular weight excluding hydrogens is 138 g/mol. The van der Waals surface area contributed by atoms with Crippen LogP contribution in [0, 0.1) is 11.8 Å². The summed E-state index contributed by atoms with van der Waals surface area (Å²) < 4.78 is 0. The molecule has 11 heavy (non-hydrogen) atoms. The second-order valence-corrected chi connectivity index (χ2v) is 2.99. The minimum atomic E-state index is 0.0810. The smallest absolute Gasteiger partial charge is 0.223 e. The summed E-state index contributed by atoms with van der Waals surface area (Å²) in [4.78, 5) is 11.2. The lowest BCUT2D eigenvalue weighted by molar-refractivity contribution is -0.125. The van der Waals surface area contributed by atoms with Crippen LogP contribution in [0.25, 0.3) is 0 Å². The highest BCUT2D eigenvalue weighted by molar-refractivity contribution is 5.78. The third-order valence-corrected chi connectivity index (χ3v) is 1.81. The number of amides is 1. The number of hydrogen-bond donors (Lipinski definition) is 1. The molecule has 0 heterocycles. The van der Waals surface area contributed by atoms with Crippen molar-refractivity contribution >= 4 is 5.91 Å². The van der Waals surface area contributed by atoms with Gasteiger partial charge in [0.2, 0.25) is 5.91 Å². The first-order valence-electron chi connectivity index (χ1n) is 3.96. The molecule has 1 amide bonds. The predicted molar refractivity (Wildman–Crippen MR) is 47.2 cm³/mol. The molecule has 0 aromatic heterocycles. The van der Waals surface area contributed by atoms with Crippen molar-refractivity contribution in [1.82, 2.24) is 5.32 Å². The van der Waals surface area contributed by atoms with Gasteiger partial charge in [0.05, 0.1) is 0 Å². The fourth-order valence-corrected chi connectivity index (χ4v) is 1.05. The van der Waals surface area contributed by atoms with Crippen molar-refractivity contribution in [2.75, 3.05) is 7.05 Å². The molecule has 0 aliphatic heterocycles. The van der Waals surface area contributed by atoms with Crippen molar-refractivity contribution in [2.24, 2.45) is 11.8 Å². The Kier molecular flexibility index (Phi) is 4.59. The van der Waals surface area contributed by atoms with Gasteiger partial charge in [-0.05, 0) is 12.3 Å². The van der Waals surface area contributed by atoms with Crippen LogP contribution in [0.3, 0.4) is 0 Å². The Labute approximate surface area is 68.7 Å². The molecule has 0 aliphatic rings. The fourth-order valence-electron chi connectivity index (χ4n) is 1.05. The topological polar surface area (TPSA) is 29.1 Å². The lowest BCUT2D eigenvalue weighted by Gasteiger charge is -2.16. The minimum Gasteiger partial charge on any atom is -0.359 e. The lowest BCUT2D eigenvalue weighted by Crippen LogP contribution is -2.30.